The first-order valence-electron chi connectivity index (χ1n) is 8.86. The largest absolute Gasteiger partial charge is 0.508 e. The zero-order valence-electron chi connectivity index (χ0n) is 15.1. The predicted molar refractivity (Wildman–Crippen MR) is 103 cm³/mol. The fourth-order valence-electron chi connectivity index (χ4n) is 2.79. The van der Waals surface area contributed by atoms with Crippen LogP contribution in [0.5, 0.6) is 5.75 Å². The second-order valence-electron chi connectivity index (χ2n) is 6.38. The molecular formula is C20H21ClN2O5. The minimum Gasteiger partial charge on any atom is -0.508 e. The van der Waals surface area contributed by atoms with Gasteiger partial charge in [-0.15, -0.1) is 0 Å². The van der Waals surface area contributed by atoms with E-state index in [1.165, 1.54) is 24.3 Å². The van der Waals surface area contributed by atoms with Gasteiger partial charge in [0.1, 0.15) is 12.4 Å². The van der Waals surface area contributed by atoms with E-state index < -0.39 is 6.09 Å². The van der Waals surface area contributed by atoms with E-state index in [1.54, 1.807) is 23.1 Å². The van der Waals surface area contributed by atoms with Gasteiger partial charge in [0.25, 0.3) is 5.91 Å². The number of rotatable bonds is 5. The number of carbonyl (C=O) groups is 2. The molecule has 1 heterocycles. The van der Waals surface area contributed by atoms with E-state index in [1.807, 2.05) is 6.07 Å². The average Bonchev–Trinajstić information content (AvgIpc) is 2.71. The van der Waals surface area contributed by atoms with E-state index in [9.17, 15) is 14.7 Å². The van der Waals surface area contributed by atoms with Gasteiger partial charge in [0, 0.05) is 23.7 Å². The van der Waals surface area contributed by atoms with E-state index >= 15 is 0 Å². The molecule has 1 unspecified atom stereocenters. The Bertz CT molecular complexity index is 828. The second-order valence-corrected chi connectivity index (χ2v) is 6.82. The summed E-state index contributed by atoms with van der Waals surface area (Å²) in [7, 11) is 0. The smallest absolute Gasteiger partial charge is 0.410 e. The van der Waals surface area contributed by atoms with E-state index in [2.05, 4.69) is 5.32 Å². The lowest BCUT2D eigenvalue weighted by molar-refractivity contribution is -0.0263. The maximum absolute atomic E-state index is 12.3. The van der Waals surface area contributed by atoms with Gasteiger partial charge in [-0.1, -0.05) is 23.7 Å². The van der Waals surface area contributed by atoms with Crippen LogP contribution < -0.4 is 5.32 Å². The lowest BCUT2D eigenvalue weighted by Gasteiger charge is -2.32. The lowest BCUT2D eigenvalue weighted by atomic mass is 10.2. The molecule has 0 aromatic heterocycles. The minimum absolute atomic E-state index is 0.0964. The highest BCUT2D eigenvalue weighted by molar-refractivity contribution is 6.30. The van der Waals surface area contributed by atoms with Crippen LogP contribution in [0.25, 0.3) is 0 Å². The fourth-order valence-corrected chi connectivity index (χ4v) is 3.01. The van der Waals surface area contributed by atoms with Gasteiger partial charge < -0.3 is 24.8 Å². The molecular weight excluding hydrogens is 384 g/mol. The summed E-state index contributed by atoms with van der Waals surface area (Å²) in [5.74, 6) is -0.177. The minimum atomic E-state index is -0.432. The van der Waals surface area contributed by atoms with Crippen LogP contribution in [0, 0.1) is 0 Å². The van der Waals surface area contributed by atoms with Crippen LogP contribution in [-0.4, -0.2) is 54.4 Å². The van der Waals surface area contributed by atoms with Gasteiger partial charge in [-0.3, -0.25) is 4.79 Å². The van der Waals surface area contributed by atoms with Crippen LogP contribution in [0.2, 0.25) is 5.02 Å². The van der Waals surface area contributed by atoms with Crippen molar-refractivity contribution < 1.29 is 24.2 Å². The highest BCUT2D eigenvalue weighted by atomic mass is 35.5. The van der Waals surface area contributed by atoms with Gasteiger partial charge in [0.2, 0.25) is 0 Å². The number of nitrogens with one attached hydrogen (secondary N) is 1. The molecule has 8 heteroatoms. The molecule has 0 bridgehead atoms. The molecule has 28 heavy (non-hydrogen) atoms. The van der Waals surface area contributed by atoms with E-state index in [0.29, 0.717) is 30.3 Å². The zero-order chi connectivity index (χ0) is 19.9. The summed E-state index contributed by atoms with van der Waals surface area (Å²) in [6.45, 7) is 1.52. The summed E-state index contributed by atoms with van der Waals surface area (Å²) >= 11 is 5.93. The number of ether oxygens (including phenoxy) is 2. The van der Waals surface area contributed by atoms with Crippen LogP contribution in [0.1, 0.15) is 15.9 Å². The third-order valence-corrected chi connectivity index (χ3v) is 4.50. The van der Waals surface area contributed by atoms with E-state index in [4.69, 9.17) is 21.1 Å². The summed E-state index contributed by atoms with van der Waals surface area (Å²) in [4.78, 5) is 26.0. The molecule has 3 rings (SSSR count). The van der Waals surface area contributed by atoms with Crippen LogP contribution in [0.15, 0.2) is 48.5 Å². The Labute approximate surface area is 167 Å². The van der Waals surface area contributed by atoms with Gasteiger partial charge in [0.15, 0.2) is 0 Å². The summed E-state index contributed by atoms with van der Waals surface area (Å²) in [6, 6.07) is 13.1. The molecule has 1 atom stereocenters. The van der Waals surface area contributed by atoms with Crippen LogP contribution >= 0.6 is 11.6 Å². The quantitative estimate of drug-likeness (QED) is 0.800. The number of benzene rings is 2. The predicted octanol–water partition coefficient (Wildman–Crippen LogP) is 2.81. The molecule has 1 fully saturated rings. The first-order valence-corrected chi connectivity index (χ1v) is 9.24. The second kappa shape index (κ2) is 9.43. The number of amides is 2. The molecule has 1 aliphatic heterocycles. The van der Waals surface area contributed by atoms with Crippen molar-refractivity contribution in [3.63, 3.8) is 0 Å². The molecule has 2 aromatic rings. The number of morpholine rings is 1. The Kier molecular flexibility index (Phi) is 6.73. The van der Waals surface area contributed by atoms with Crippen molar-refractivity contribution in [1.82, 2.24) is 10.2 Å². The Morgan fingerprint density at radius 1 is 1.25 bits per heavy atom. The average molecular weight is 405 g/mol. The summed E-state index contributed by atoms with van der Waals surface area (Å²) in [5.41, 5.74) is 1.25. The number of hydrogen-bond acceptors (Lipinski definition) is 5. The summed E-state index contributed by atoms with van der Waals surface area (Å²) in [6.07, 6.45) is -0.758. The molecule has 0 radical (unpaired) electrons. The van der Waals surface area contributed by atoms with Crippen molar-refractivity contribution in [2.24, 2.45) is 0 Å². The van der Waals surface area contributed by atoms with Gasteiger partial charge in [-0.2, -0.15) is 0 Å². The Morgan fingerprint density at radius 3 is 2.79 bits per heavy atom. The van der Waals surface area contributed by atoms with Gasteiger partial charge >= 0.3 is 6.09 Å². The van der Waals surface area contributed by atoms with Gasteiger partial charge in [-0.05, 0) is 42.0 Å². The molecule has 2 N–H and O–H groups in total. The van der Waals surface area contributed by atoms with E-state index in [-0.39, 0.29) is 30.9 Å². The van der Waals surface area contributed by atoms with E-state index in [0.717, 1.165) is 5.56 Å². The molecule has 0 saturated carbocycles. The summed E-state index contributed by atoms with van der Waals surface area (Å²) in [5, 5.41) is 12.6. The van der Waals surface area contributed by atoms with Crippen LogP contribution in [-0.2, 0) is 16.1 Å². The highest BCUT2D eigenvalue weighted by Gasteiger charge is 2.25. The maximum Gasteiger partial charge on any atom is 0.410 e. The maximum atomic E-state index is 12.3. The lowest BCUT2D eigenvalue weighted by Crippen LogP contribution is -2.49. The molecule has 2 aromatic carbocycles. The summed E-state index contributed by atoms with van der Waals surface area (Å²) < 4.78 is 11.0. The number of halogens is 1. The van der Waals surface area contributed by atoms with Gasteiger partial charge in [0.05, 0.1) is 19.3 Å². The number of hydrogen-bond donors (Lipinski definition) is 2. The third kappa shape index (κ3) is 5.61. The number of aromatic hydroxyl groups is 1. The molecule has 1 aliphatic rings. The van der Waals surface area contributed by atoms with Crippen molar-refractivity contribution >= 4 is 23.6 Å². The van der Waals surface area contributed by atoms with Crippen LogP contribution in [0.3, 0.4) is 0 Å². The molecule has 0 aliphatic carbocycles. The van der Waals surface area contributed by atoms with Gasteiger partial charge in [-0.25, -0.2) is 4.79 Å². The number of phenolic OH excluding ortho intramolecular Hbond substituents is 1. The zero-order valence-corrected chi connectivity index (χ0v) is 15.9. The number of nitrogens with zero attached hydrogens (tertiary/aromatic N) is 1. The Hall–Kier alpha value is -2.77. The first kappa shape index (κ1) is 20.0. The normalized spacial score (nSPS) is 16.5. The number of carbonyl (C=O) groups excluding carboxylic acids is 2. The molecule has 148 valence electrons. The van der Waals surface area contributed by atoms with Crippen molar-refractivity contribution in [2.45, 2.75) is 12.7 Å². The fraction of sp³-hybridized carbons (Fsp3) is 0.300. The molecule has 1 saturated heterocycles. The monoisotopic (exact) mass is 404 g/mol. The number of phenols is 1. The topological polar surface area (TPSA) is 88.1 Å². The van der Waals surface area contributed by atoms with Crippen LogP contribution in [0.4, 0.5) is 4.79 Å². The van der Waals surface area contributed by atoms with Crippen molar-refractivity contribution in [3.8, 4) is 5.75 Å². The Balaban J connectivity index is 1.46. The third-order valence-electron chi connectivity index (χ3n) is 4.27. The molecule has 7 nitrogen and oxygen atoms in total. The Morgan fingerprint density at radius 2 is 2.04 bits per heavy atom. The standard InChI is InChI=1S/C20H21ClN2O5/c21-16-3-1-2-14(10-16)13-28-20(26)23-8-9-27-18(12-23)11-22-19(25)15-4-6-17(24)7-5-15/h1-7,10,18,24H,8-9,11-13H2,(H,22,25). The van der Waals surface area contributed by atoms with Crippen molar-refractivity contribution in [3.05, 3.63) is 64.7 Å². The first-order chi connectivity index (χ1) is 13.5. The molecule has 2 amide bonds. The molecule has 0 spiro atoms. The van der Waals surface area contributed by atoms with Crippen molar-refractivity contribution in [1.29, 1.82) is 0 Å². The van der Waals surface area contributed by atoms with Crippen molar-refractivity contribution in [2.75, 3.05) is 26.2 Å². The SMILES string of the molecule is O=C(NCC1CN(C(=O)OCc2cccc(Cl)c2)CCO1)c1ccc(O)cc1. The highest BCUT2D eigenvalue weighted by Crippen LogP contribution is 2.13.